The van der Waals surface area contributed by atoms with Crippen LogP contribution in [0.4, 0.5) is 5.69 Å². The summed E-state index contributed by atoms with van der Waals surface area (Å²) in [6.45, 7) is 4.47. The number of ether oxygens (including phenoxy) is 3. The molecule has 8 heteroatoms. The van der Waals surface area contributed by atoms with Gasteiger partial charge in [-0.1, -0.05) is 48.0 Å². The highest BCUT2D eigenvalue weighted by atomic mass is 35.5. The Morgan fingerprint density at radius 1 is 0.925 bits per heavy atom. The molecule has 0 bridgehead atoms. The fourth-order valence-corrected chi connectivity index (χ4v) is 4.25. The first-order valence-electron chi connectivity index (χ1n) is 12.7. The van der Waals surface area contributed by atoms with Crippen molar-refractivity contribution in [3.05, 3.63) is 106 Å². The van der Waals surface area contributed by atoms with Crippen LogP contribution in [0.1, 0.15) is 35.3 Å². The minimum Gasteiger partial charge on any atom is -0.490 e. The van der Waals surface area contributed by atoms with Crippen LogP contribution in [0.25, 0.3) is 16.8 Å². The van der Waals surface area contributed by atoms with Gasteiger partial charge in [-0.2, -0.15) is 5.26 Å². The van der Waals surface area contributed by atoms with Crippen LogP contribution in [-0.2, 0) is 16.1 Å². The van der Waals surface area contributed by atoms with Crippen molar-refractivity contribution in [3.63, 3.8) is 0 Å². The van der Waals surface area contributed by atoms with Crippen LogP contribution in [-0.4, -0.2) is 25.1 Å². The number of carbonyl (C=O) groups excluding carboxylic acids is 2. The zero-order valence-corrected chi connectivity index (χ0v) is 22.8. The van der Waals surface area contributed by atoms with Gasteiger partial charge < -0.3 is 19.5 Å². The smallest absolute Gasteiger partial charge is 0.338 e. The average Bonchev–Trinajstić information content (AvgIpc) is 2.96. The summed E-state index contributed by atoms with van der Waals surface area (Å²) in [5, 5.41) is 14.9. The molecule has 0 radical (unpaired) electrons. The molecule has 0 aromatic heterocycles. The van der Waals surface area contributed by atoms with Crippen LogP contribution < -0.4 is 14.8 Å². The molecule has 1 N–H and O–H groups in total. The minimum atomic E-state index is -0.614. The van der Waals surface area contributed by atoms with Crippen molar-refractivity contribution in [1.29, 1.82) is 5.26 Å². The van der Waals surface area contributed by atoms with Gasteiger partial charge in [0.05, 0.1) is 23.8 Å². The molecule has 4 rings (SSSR count). The molecule has 0 aliphatic rings. The van der Waals surface area contributed by atoms with Crippen LogP contribution in [0.15, 0.2) is 84.4 Å². The van der Waals surface area contributed by atoms with E-state index < -0.39 is 11.9 Å². The van der Waals surface area contributed by atoms with Gasteiger partial charge in [-0.3, -0.25) is 4.79 Å². The molecule has 0 atom stereocenters. The minimum absolute atomic E-state index is 0.141. The lowest BCUT2D eigenvalue weighted by Crippen LogP contribution is -2.13. The van der Waals surface area contributed by atoms with Crippen molar-refractivity contribution in [3.8, 4) is 17.6 Å². The van der Waals surface area contributed by atoms with Crippen molar-refractivity contribution in [1.82, 2.24) is 0 Å². The molecule has 40 heavy (non-hydrogen) atoms. The molecule has 4 aromatic carbocycles. The van der Waals surface area contributed by atoms with Gasteiger partial charge in [0, 0.05) is 5.69 Å². The van der Waals surface area contributed by atoms with Crippen molar-refractivity contribution in [2.24, 2.45) is 0 Å². The number of fused-ring (bicyclic) bond motifs is 1. The Hall–Kier alpha value is -4.80. The summed E-state index contributed by atoms with van der Waals surface area (Å²) in [7, 11) is 0. The molecule has 0 aliphatic heterocycles. The third-order valence-electron chi connectivity index (χ3n) is 5.86. The SMILES string of the molecule is CCOC(=O)c1ccc(NC(=O)/C(C#N)=C/c2cc(Cl)c(OCc3ccc4ccccc4c3)c(OCC)c2)cc1. The van der Waals surface area contributed by atoms with Crippen LogP contribution in [0, 0.1) is 11.3 Å². The lowest BCUT2D eigenvalue weighted by Gasteiger charge is -2.15. The number of nitrogens with one attached hydrogen (secondary N) is 1. The van der Waals surface area contributed by atoms with E-state index in [4.69, 9.17) is 25.8 Å². The molecule has 0 aliphatic carbocycles. The number of nitriles is 1. The van der Waals surface area contributed by atoms with Crippen molar-refractivity contribution in [2.45, 2.75) is 20.5 Å². The molecular formula is C32H27ClN2O5. The molecule has 4 aromatic rings. The zero-order valence-electron chi connectivity index (χ0n) is 22.1. The monoisotopic (exact) mass is 554 g/mol. The van der Waals surface area contributed by atoms with Gasteiger partial charge in [0.25, 0.3) is 5.91 Å². The van der Waals surface area contributed by atoms with E-state index >= 15 is 0 Å². The highest BCUT2D eigenvalue weighted by Gasteiger charge is 2.16. The largest absolute Gasteiger partial charge is 0.490 e. The van der Waals surface area contributed by atoms with Gasteiger partial charge in [-0.05, 0) is 84.3 Å². The molecule has 1 amide bonds. The van der Waals surface area contributed by atoms with Crippen molar-refractivity contribution < 1.29 is 23.8 Å². The lowest BCUT2D eigenvalue weighted by atomic mass is 10.1. The second kappa shape index (κ2) is 13.3. The summed E-state index contributed by atoms with van der Waals surface area (Å²) in [4.78, 5) is 24.6. The van der Waals surface area contributed by atoms with Gasteiger partial charge in [-0.15, -0.1) is 0 Å². The second-order valence-corrected chi connectivity index (χ2v) is 9.06. The first-order chi connectivity index (χ1) is 19.4. The van der Waals surface area contributed by atoms with E-state index in [1.54, 1.807) is 31.2 Å². The summed E-state index contributed by atoms with van der Waals surface area (Å²) < 4.78 is 16.8. The van der Waals surface area contributed by atoms with Crippen LogP contribution >= 0.6 is 11.6 Å². The van der Waals surface area contributed by atoms with Gasteiger partial charge in [-0.25, -0.2) is 4.79 Å². The number of amides is 1. The molecule has 7 nitrogen and oxygen atoms in total. The molecule has 0 saturated carbocycles. The molecule has 0 spiro atoms. The van der Waals surface area contributed by atoms with Crippen molar-refractivity contribution in [2.75, 3.05) is 18.5 Å². The van der Waals surface area contributed by atoms with E-state index in [1.165, 1.54) is 18.2 Å². The Bertz CT molecular complexity index is 1610. The number of carbonyl (C=O) groups is 2. The van der Waals surface area contributed by atoms with Crippen LogP contribution in [0.5, 0.6) is 11.5 Å². The number of nitrogens with zero attached hydrogens (tertiary/aromatic N) is 1. The lowest BCUT2D eigenvalue weighted by molar-refractivity contribution is -0.112. The molecule has 0 saturated heterocycles. The normalized spacial score (nSPS) is 11.0. The number of anilines is 1. The van der Waals surface area contributed by atoms with Gasteiger partial charge in [0.15, 0.2) is 11.5 Å². The maximum Gasteiger partial charge on any atom is 0.338 e. The third-order valence-corrected chi connectivity index (χ3v) is 6.14. The van der Waals surface area contributed by atoms with Gasteiger partial charge in [0.1, 0.15) is 18.2 Å². The number of benzene rings is 4. The number of hydrogen-bond donors (Lipinski definition) is 1. The molecule has 0 heterocycles. The summed E-state index contributed by atoms with van der Waals surface area (Å²) in [5.74, 6) is -0.297. The fourth-order valence-electron chi connectivity index (χ4n) is 3.98. The highest BCUT2D eigenvalue weighted by molar-refractivity contribution is 6.32. The molecular weight excluding hydrogens is 528 g/mol. The number of hydrogen-bond acceptors (Lipinski definition) is 6. The average molecular weight is 555 g/mol. The highest BCUT2D eigenvalue weighted by Crippen LogP contribution is 2.38. The number of halogens is 1. The van der Waals surface area contributed by atoms with Gasteiger partial charge >= 0.3 is 5.97 Å². The second-order valence-electron chi connectivity index (χ2n) is 8.65. The number of rotatable bonds is 10. The topological polar surface area (TPSA) is 97.7 Å². The van der Waals surface area contributed by atoms with Gasteiger partial charge in [0.2, 0.25) is 0 Å². The molecule has 0 unspecified atom stereocenters. The van der Waals surface area contributed by atoms with E-state index in [9.17, 15) is 14.9 Å². The zero-order chi connectivity index (χ0) is 28.5. The van der Waals surface area contributed by atoms with E-state index in [1.807, 2.05) is 49.4 Å². The quantitative estimate of drug-likeness (QED) is 0.126. The Kier molecular flexibility index (Phi) is 9.39. The predicted molar refractivity (Wildman–Crippen MR) is 156 cm³/mol. The maximum absolute atomic E-state index is 12.8. The summed E-state index contributed by atoms with van der Waals surface area (Å²) in [5.41, 5.74) is 2.11. The van der Waals surface area contributed by atoms with E-state index in [0.717, 1.165) is 16.3 Å². The summed E-state index contributed by atoms with van der Waals surface area (Å²) in [6.07, 6.45) is 1.42. The summed E-state index contributed by atoms with van der Waals surface area (Å²) >= 11 is 6.57. The van der Waals surface area contributed by atoms with Crippen LogP contribution in [0.3, 0.4) is 0 Å². The Morgan fingerprint density at radius 3 is 2.38 bits per heavy atom. The predicted octanol–water partition coefficient (Wildman–Crippen LogP) is 7.19. The fraction of sp³-hybridized carbons (Fsp3) is 0.156. The van der Waals surface area contributed by atoms with Crippen molar-refractivity contribution >= 4 is 46.0 Å². The standard InChI is InChI=1S/C32H27ClN2O5/c1-3-38-29-18-22(16-26(19-34)31(36)35-27-13-11-24(12-14-27)32(37)39-4-2)17-28(33)30(29)40-20-21-9-10-23-7-5-6-8-25(23)15-21/h5-18H,3-4,20H2,1-2H3,(H,35,36)/b26-16+. The Labute approximate surface area is 237 Å². The van der Waals surface area contributed by atoms with E-state index in [2.05, 4.69) is 11.4 Å². The third kappa shape index (κ3) is 6.99. The summed E-state index contributed by atoms with van der Waals surface area (Å²) in [6, 6.07) is 25.6. The van der Waals surface area contributed by atoms with E-state index in [-0.39, 0.29) is 23.8 Å². The van der Waals surface area contributed by atoms with E-state index in [0.29, 0.717) is 34.9 Å². The number of esters is 1. The Balaban J connectivity index is 1.51. The molecule has 202 valence electrons. The maximum atomic E-state index is 12.8. The van der Waals surface area contributed by atoms with Crippen LogP contribution in [0.2, 0.25) is 5.02 Å². The molecule has 0 fully saturated rings. The first kappa shape index (κ1) is 28.2. The first-order valence-corrected chi connectivity index (χ1v) is 13.1. The Morgan fingerprint density at radius 2 is 1.68 bits per heavy atom.